The Morgan fingerprint density at radius 1 is 1.22 bits per heavy atom. The molecule has 0 aliphatic carbocycles. The number of rotatable bonds is 7. The van der Waals surface area contributed by atoms with Crippen molar-refractivity contribution in [1.82, 2.24) is 4.98 Å². The van der Waals surface area contributed by atoms with Gasteiger partial charge in [-0.25, -0.2) is 13.8 Å². The molecule has 0 saturated carbocycles. The van der Waals surface area contributed by atoms with Crippen molar-refractivity contribution in [2.45, 2.75) is 6.92 Å². The number of amides is 1. The minimum atomic E-state index is -0.689. The Labute approximate surface area is 159 Å². The molecule has 2 N–H and O–H groups in total. The van der Waals surface area contributed by atoms with Gasteiger partial charge in [0.1, 0.15) is 18.2 Å². The number of benzene rings is 2. The molecule has 140 valence electrons. The van der Waals surface area contributed by atoms with E-state index in [0.717, 1.165) is 11.6 Å². The molecule has 0 aliphatic heterocycles. The molecule has 0 atom stereocenters. The van der Waals surface area contributed by atoms with Crippen LogP contribution in [0.3, 0.4) is 0 Å². The van der Waals surface area contributed by atoms with Crippen LogP contribution in [0, 0.1) is 11.6 Å². The molecule has 1 heterocycles. The molecule has 2 aromatic carbocycles. The third-order valence-electron chi connectivity index (χ3n) is 3.56. The van der Waals surface area contributed by atoms with E-state index in [1.54, 1.807) is 18.2 Å². The highest BCUT2D eigenvalue weighted by Gasteiger charge is 2.09. The average Bonchev–Trinajstić information content (AvgIpc) is 3.11. The smallest absolute Gasteiger partial charge is 0.250 e. The van der Waals surface area contributed by atoms with Gasteiger partial charge in [0.05, 0.1) is 11.4 Å². The fourth-order valence-electron chi connectivity index (χ4n) is 2.32. The summed E-state index contributed by atoms with van der Waals surface area (Å²) >= 11 is 1.29. The van der Waals surface area contributed by atoms with E-state index in [1.807, 2.05) is 18.4 Å². The van der Waals surface area contributed by atoms with Crippen molar-refractivity contribution in [3.8, 4) is 11.3 Å². The fourth-order valence-corrected chi connectivity index (χ4v) is 3.05. The van der Waals surface area contributed by atoms with Crippen LogP contribution < -0.4 is 10.6 Å². The van der Waals surface area contributed by atoms with Gasteiger partial charge < -0.3 is 15.4 Å². The van der Waals surface area contributed by atoms with Gasteiger partial charge in [0.25, 0.3) is 0 Å². The predicted molar refractivity (Wildman–Crippen MR) is 102 cm³/mol. The molecule has 8 heteroatoms. The lowest BCUT2D eigenvalue weighted by molar-refractivity contribution is -0.120. The standard InChI is InChI=1S/C19H17F2N3O2S/c1-2-26-10-18(25)22-14-5-3-4-12(8-14)17-11-27-19(24-17)23-16-7-6-13(20)9-15(16)21/h3-9,11H,2,10H2,1H3,(H,22,25)(H,23,24). The summed E-state index contributed by atoms with van der Waals surface area (Å²) in [7, 11) is 0. The maximum atomic E-state index is 13.8. The Balaban J connectivity index is 1.72. The van der Waals surface area contributed by atoms with Crippen molar-refractivity contribution in [3.05, 3.63) is 59.5 Å². The highest BCUT2D eigenvalue weighted by atomic mass is 32.1. The van der Waals surface area contributed by atoms with Gasteiger partial charge in [-0.1, -0.05) is 12.1 Å². The van der Waals surface area contributed by atoms with E-state index in [-0.39, 0.29) is 18.2 Å². The Kier molecular flexibility index (Phi) is 6.10. The first-order valence-corrected chi connectivity index (χ1v) is 9.08. The lowest BCUT2D eigenvalue weighted by atomic mass is 10.1. The monoisotopic (exact) mass is 389 g/mol. The van der Waals surface area contributed by atoms with Crippen molar-refractivity contribution >= 4 is 33.8 Å². The number of aromatic nitrogens is 1. The zero-order valence-corrected chi connectivity index (χ0v) is 15.3. The summed E-state index contributed by atoms with van der Waals surface area (Å²) in [6.45, 7) is 2.28. The van der Waals surface area contributed by atoms with Crippen molar-refractivity contribution in [3.63, 3.8) is 0 Å². The van der Waals surface area contributed by atoms with Gasteiger partial charge >= 0.3 is 0 Å². The highest BCUT2D eigenvalue weighted by Crippen LogP contribution is 2.29. The first-order valence-electron chi connectivity index (χ1n) is 8.21. The number of anilines is 3. The van der Waals surface area contributed by atoms with Crippen LogP contribution in [0.1, 0.15) is 6.92 Å². The molecule has 3 rings (SSSR count). The van der Waals surface area contributed by atoms with E-state index < -0.39 is 11.6 Å². The van der Waals surface area contributed by atoms with Crippen LogP contribution in [0.5, 0.6) is 0 Å². The molecule has 1 amide bonds. The SMILES string of the molecule is CCOCC(=O)Nc1cccc(-c2csc(Nc3ccc(F)cc3F)n2)c1. The fraction of sp³-hybridized carbons (Fsp3) is 0.158. The first-order chi connectivity index (χ1) is 13.0. The molecule has 0 aliphatic rings. The van der Waals surface area contributed by atoms with Crippen molar-refractivity contribution in [2.75, 3.05) is 23.8 Å². The number of hydrogen-bond donors (Lipinski definition) is 2. The molecule has 0 radical (unpaired) electrons. The summed E-state index contributed by atoms with van der Waals surface area (Å²) in [6.07, 6.45) is 0. The van der Waals surface area contributed by atoms with Crippen LogP contribution in [0.25, 0.3) is 11.3 Å². The van der Waals surface area contributed by atoms with E-state index >= 15 is 0 Å². The van der Waals surface area contributed by atoms with Gasteiger partial charge in [-0.3, -0.25) is 4.79 Å². The van der Waals surface area contributed by atoms with E-state index in [2.05, 4.69) is 15.6 Å². The van der Waals surface area contributed by atoms with Gasteiger partial charge in [-0.15, -0.1) is 11.3 Å². The molecule has 27 heavy (non-hydrogen) atoms. The Morgan fingerprint density at radius 3 is 2.85 bits per heavy atom. The topological polar surface area (TPSA) is 63.2 Å². The van der Waals surface area contributed by atoms with Gasteiger partial charge in [0, 0.05) is 29.3 Å². The van der Waals surface area contributed by atoms with Gasteiger partial charge in [-0.05, 0) is 31.2 Å². The van der Waals surface area contributed by atoms with Crippen LogP contribution >= 0.6 is 11.3 Å². The average molecular weight is 389 g/mol. The predicted octanol–water partition coefficient (Wildman–Crippen LogP) is 4.81. The molecule has 3 aromatic rings. The minimum absolute atomic E-state index is 0.00523. The Morgan fingerprint density at radius 2 is 2.07 bits per heavy atom. The van der Waals surface area contributed by atoms with Gasteiger partial charge in [0.2, 0.25) is 5.91 Å². The lowest BCUT2D eigenvalue weighted by Gasteiger charge is -2.06. The zero-order chi connectivity index (χ0) is 19.2. The molecule has 0 unspecified atom stereocenters. The Hall–Kier alpha value is -2.84. The van der Waals surface area contributed by atoms with Crippen molar-refractivity contribution in [2.24, 2.45) is 0 Å². The van der Waals surface area contributed by atoms with E-state index in [0.29, 0.717) is 23.1 Å². The van der Waals surface area contributed by atoms with E-state index in [1.165, 1.54) is 23.5 Å². The second kappa shape index (κ2) is 8.70. The normalized spacial score (nSPS) is 10.6. The van der Waals surface area contributed by atoms with Crippen LogP contribution in [-0.2, 0) is 9.53 Å². The molecular weight excluding hydrogens is 372 g/mol. The minimum Gasteiger partial charge on any atom is -0.372 e. The number of carbonyl (C=O) groups excluding carboxylic acids is 1. The summed E-state index contributed by atoms with van der Waals surface area (Å²) in [6, 6.07) is 10.5. The van der Waals surface area contributed by atoms with Crippen molar-refractivity contribution < 1.29 is 18.3 Å². The second-order valence-electron chi connectivity index (χ2n) is 5.55. The maximum absolute atomic E-state index is 13.8. The summed E-state index contributed by atoms with van der Waals surface area (Å²) in [5, 5.41) is 7.88. The van der Waals surface area contributed by atoms with Gasteiger partial charge in [-0.2, -0.15) is 0 Å². The summed E-state index contributed by atoms with van der Waals surface area (Å²) in [5.41, 5.74) is 2.25. The molecule has 0 bridgehead atoms. The van der Waals surface area contributed by atoms with Gasteiger partial charge in [0.15, 0.2) is 5.13 Å². The van der Waals surface area contributed by atoms with E-state index in [9.17, 15) is 13.6 Å². The number of nitrogens with zero attached hydrogens (tertiary/aromatic N) is 1. The number of hydrogen-bond acceptors (Lipinski definition) is 5. The van der Waals surface area contributed by atoms with Crippen LogP contribution in [0.4, 0.5) is 25.3 Å². The number of thiazole rings is 1. The van der Waals surface area contributed by atoms with Crippen molar-refractivity contribution in [1.29, 1.82) is 0 Å². The molecule has 1 aromatic heterocycles. The van der Waals surface area contributed by atoms with Crippen LogP contribution in [-0.4, -0.2) is 24.1 Å². The second-order valence-corrected chi connectivity index (χ2v) is 6.41. The number of halogens is 2. The third-order valence-corrected chi connectivity index (χ3v) is 4.31. The summed E-state index contributed by atoms with van der Waals surface area (Å²) < 4.78 is 31.8. The highest BCUT2D eigenvalue weighted by molar-refractivity contribution is 7.14. The first kappa shape index (κ1) is 18.9. The molecule has 0 saturated heterocycles. The summed E-state index contributed by atoms with van der Waals surface area (Å²) in [4.78, 5) is 16.2. The molecule has 5 nitrogen and oxygen atoms in total. The van der Waals surface area contributed by atoms with E-state index in [4.69, 9.17) is 4.74 Å². The molecule has 0 fully saturated rings. The third kappa shape index (κ3) is 5.08. The largest absolute Gasteiger partial charge is 0.372 e. The molecule has 0 spiro atoms. The maximum Gasteiger partial charge on any atom is 0.250 e. The number of ether oxygens (including phenoxy) is 1. The van der Waals surface area contributed by atoms with Crippen LogP contribution in [0.2, 0.25) is 0 Å². The lowest BCUT2D eigenvalue weighted by Crippen LogP contribution is -2.18. The number of nitrogens with one attached hydrogen (secondary N) is 2. The number of carbonyl (C=O) groups is 1. The summed E-state index contributed by atoms with van der Waals surface area (Å²) in [5.74, 6) is -1.56. The molecular formula is C19H17F2N3O2S. The quantitative estimate of drug-likeness (QED) is 0.609. The zero-order valence-electron chi connectivity index (χ0n) is 14.5. The van der Waals surface area contributed by atoms with Crippen LogP contribution in [0.15, 0.2) is 47.8 Å². The Bertz CT molecular complexity index is 946.